The van der Waals surface area contributed by atoms with E-state index in [1.807, 2.05) is 24.3 Å². The Morgan fingerprint density at radius 3 is 2.17 bits per heavy atom. The van der Waals surface area contributed by atoms with Crippen LogP contribution in [-0.2, 0) is 20.7 Å². The Labute approximate surface area is 176 Å². The third-order valence-corrected chi connectivity index (χ3v) is 6.81. The Bertz CT molecular complexity index is 769. The summed E-state index contributed by atoms with van der Waals surface area (Å²) in [5.74, 6) is 1.80. The molecule has 4 bridgehead atoms. The van der Waals surface area contributed by atoms with Gasteiger partial charge in [-0.15, -0.1) is 0 Å². The number of carbonyl (C=O) groups is 3. The molecule has 5 rings (SSSR count). The minimum atomic E-state index is -0.602. The number of methoxy groups -OCH3 is 1. The van der Waals surface area contributed by atoms with Gasteiger partial charge in [0.25, 0.3) is 5.91 Å². The summed E-state index contributed by atoms with van der Waals surface area (Å²) in [4.78, 5) is 36.3. The van der Waals surface area contributed by atoms with E-state index in [9.17, 15) is 14.4 Å². The smallest absolute Gasteiger partial charge is 0.321 e. The molecule has 0 spiro atoms. The number of hydrogen-bond donors (Lipinski definition) is 2. The third-order valence-electron chi connectivity index (χ3n) is 6.81. The van der Waals surface area contributed by atoms with Gasteiger partial charge in [0, 0.05) is 12.0 Å². The van der Waals surface area contributed by atoms with Crippen molar-refractivity contribution in [1.82, 2.24) is 10.6 Å². The van der Waals surface area contributed by atoms with E-state index in [0.29, 0.717) is 24.2 Å². The summed E-state index contributed by atoms with van der Waals surface area (Å²) >= 11 is 0. The first-order valence-electron chi connectivity index (χ1n) is 10.8. The Morgan fingerprint density at radius 2 is 1.60 bits per heavy atom. The third kappa shape index (κ3) is 4.94. The van der Waals surface area contributed by atoms with Gasteiger partial charge in [0.1, 0.15) is 5.75 Å². The van der Waals surface area contributed by atoms with E-state index in [0.717, 1.165) is 30.6 Å². The molecule has 0 heterocycles. The van der Waals surface area contributed by atoms with Gasteiger partial charge in [-0.25, -0.2) is 4.79 Å². The van der Waals surface area contributed by atoms with E-state index in [-0.39, 0.29) is 12.0 Å². The number of imide groups is 1. The molecule has 30 heavy (non-hydrogen) atoms. The number of nitrogens with one attached hydrogen (secondary N) is 2. The molecule has 0 unspecified atom stereocenters. The molecule has 1 aromatic carbocycles. The fraction of sp³-hybridized carbons (Fsp3) is 0.609. The van der Waals surface area contributed by atoms with E-state index >= 15 is 0 Å². The van der Waals surface area contributed by atoms with Crippen LogP contribution in [0.4, 0.5) is 4.79 Å². The van der Waals surface area contributed by atoms with E-state index < -0.39 is 24.5 Å². The maximum Gasteiger partial charge on any atom is 0.321 e. The summed E-state index contributed by atoms with van der Waals surface area (Å²) in [5.41, 5.74) is 0.820. The van der Waals surface area contributed by atoms with Crippen LogP contribution >= 0.6 is 0 Å². The molecule has 4 aliphatic rings. The number of hydrogen-bond acceptors (Lipinski definition) is 5. The largest absolute Gasteiger partial charge is 0.497 e. The normalized spacial score (nSPS) is 28.6. The van der Waals surface area contributed by atoms with Crippen molar-refractivity contribution in [3.05, 3.63) is 29.8 Å². The first-order valence-corrected chi connectivity index (χ1v) is 10.8. The molecular formula is C23H30N2O5. The summed E-state index contributed by atoms with van der Waals surface area (Å²) in [6.45, 7) is -0.449. The highest BCUT2D eigenvalue weighted by molar-refractivity contribution is 5.95. The summed E-state index contributed by atoms with van der Waals surface area (Å²) in [6, 6.07) is 6.95. The van der Waals surface area contributed by atoms with Crippen LogP contribution in [-0.4, -0.2) is 37.2 Å². The number of aryl methyl sites for hydroxylation is 1. The Kier molecular flexibility index (Phi) is 5.97. The molecule has 4 saturated carbocycles. The maximum atomic E-state index is 12.4. The van der Waals surface area contributed by atoms with Crippen molar-refractivity contribution < 1.29 is 23.9 Å². The van der Waals surface area contributed by atoms with E-state index in [2.05, 4.69) is 10.6 Å². The number of amides is 3. The van der Waals surface area contributed by atoms with E-state index in [1.54, 1.807) is 7.11 Å². The van der Waals surface area contributed by atoms with Gasteiger partial charge in [-0.2, -0.15) is 0 Å². The highest BCUT2D eigenvalue weighted by Gasteiger charge is 2.51. The quantitative estimate of drug-likeness (QED) is 0.669. The van der Waals surface area contributed by atoms with Crippen LogP contribution in [0.2, 0.25) is 0 Å². The van der Waals surface area contributed by atoms with Crippen molar-refractivity contribution in [3.63, 3.8) is 0 Å². The lowest BCUT2D eigenvalue weighted by molar-refractivity contribution is -0.148. The second-order valence-corrected chi connectivity index (χ2v) is 9.21. The molecule has 4 aliphatic carbocycles. The zero-order chi connectivity index (χ0) is 21.1. The lowest BCUT2D eigenvalue weighted by Crippen LogP contribution is -2.62. The SMILES string of the molecule is COc1ccc(CCC(=O)OCC(=O)NC(=O)NC23CC4CC(CC(C4)C2)C3)cc1. The molecule has 7 heteroatoms. The van der Waals surface area contributed by atoms with Crippen LogP contribution in [0.5, 0.6) is 5.75 Å². The van der Waals surface area contributed by atoms with Gasteiger partial charge in [0.05, 0.1) is 7.11 Å². The zero-order valence-electron chi connectivity index (χ0n) is 17.4. The fourth-order valence-electron chi connectivity index (χ4n) is 5.96. The van der Waals surface area contributed by atoms with Gasteiger partial charge in [-0.05, 0) is 80.4 Å². The predicted molar refractivity (Wildman–Crippen MR) is 110 cm³/mol. The number of rotatable bonds is 7. The molecule has 0 aromatic heterocycles. The molecule has 0 aliphatic heterocycles. The molecule has 2 N–H and O–H groups in total. The van der Waals surface area contributed by atoms with Crippen LogP contribution in [0.15, 0.2) is 24.3 Å². The Hall–Kier alpha value is -2.57. The molecule has 3 amide bonds. The van der Waals surface area contributed by atoms with Gasteiger partial charge in [-0.1, -0.05) is 12.1 Å². The number of ether oxygens (including phenoxy) is 2. The minimum absolute atomic E-state index is 0.159. The van der Waals surface area contributed by atoms with Crippen LogP contribution in [0, 0.1) is 17.8 Å². The monoisotopic (exact) mass is 414 g/mol. The maximum absolute atomic E-state index is 12.4. The minimum Gasteiger partial charge on any atom is -0.497 e. The zero-order valence-corrected chi connectivity index (χ0v) is 17.4. The molecular weight excluding hydrogens is 384 g/mol. The molecule has 7 nitrogen and oxygen atoms in total. The molecule has 1 aromatic rings. The van der Waals surface area contributed by atoms with Crippen molar-refractivity contribution in [2.24, 2.45) is 17.8 Å². The number of benzene rings is 1. The first-order chi connectivity index (χ1) is 14.4. The van der Waals surface area contributed by atoms with Gasteiger partial charge < -0.3 is 14.8 Å². The fourth-order valence-corrected chi connectivity index (χ4v) is 5.96. The summed E-state index contributed by atoms with van der Waals surface area (Å²) < 4.78 is 10.1. The highest BCUT2D eigenvalue weighted by atomic mass is 16.5. The summed E-state index contributed by atoms with van der Waals surface area (Å²) in [5, 5.41) is 5.39. The van der Waals surface area contributed by atoms with Crippen LogP contribution in [0.1, 0.15) is 50.5 Å². The first kappa shape index (κ1) is 20.7. The van der Waals surface area contributed by atoms with Crippen molar-refractivity contribution in [2.45, 2.75) is 56.9 Å². The van der Waals surface area contributed by atoms with Crippen molar-refractivity contribution in [1.29, 1.82) is 0 Å². The van der Waals surface area contributed by atoms with Gasteiger partial charge in [0.2, 0.25) is 0 Å². The van der Waals surface area contributed by atoms with Gasteiger partial charge >= 0.3 is 12.0 Å². The summed E-state index contributed by atoms with van der Waals surface area (Å²) in [7, 11) is 1.60. The number of carbonyl (C=O) groups excluding carboxylic acids is 3. The van der Waals surface area contributed by atoms with Crippen LogP contribution in [0.25, 0.3) is 0 Å². The second-order valence-electron chi connectivity index (χ2n) is 9.21. The second kappa shape index (κ2) is 8.66. The number of esters is 1. The number of urea groups is 1. The van der Waals surface area contributed by atoms with Gasteiger partial charge in [-0.3, -0.25) is 14.9 Å². The van der Waals surface area contributed by atoms with Crippen LogP contribution in [0.3, 0.4) is 0 Å². The van der Waals surface area contributed by atoms with Crippen molar-refractivity contribution >= 4 is 17.9 Å². The molecule has 0 saturated heterocycles. The molecule has 0 radical (unpaired) electrons. The van der Waals surface area contributed by atoms with Crippen molar-refractivity contribution in [3.8, 4) is 5.75 Å². The van der Waals surface area contributed by atoms with E-state index in [4.69, 9.17) is 9.47 Å². The lowest BCUT2D eigenvalue weighted by atomic mass is 9.53. The Balaban J connectivity index is 1.16. The van der Waals surface area contributed by atoms with Gasteiger partial charge in [0.15, 0.2) is 6.61 Å². The van der Waals surface area contributed by atoms with Crippen molar-refractivity contribution in [2.75, 3.05) is 13.7 Å². The average molecular weight is 415 g/mol. The van der Waals surface area contributed by atoms with E-state index in [1.165, 1.54) is 19.3 Å². The molecule has 4 fully saturated rings. The topological polar surface area (TPSA) is 93.7 Å². The average Bonchev–Trinajstić information content (AvgIpc) is 2.69. The molecule has 0 atom stereocenters. The lowest BCUT2D eigenvalue weighted by Gasteiger charge is -2.56. The highest BCUT2D eigenvalue weighted by Crippen LogP contribution is 2.55. The standard InChI is InChI=1S/C23H30N2O5/c1-29-19-5-2-15(3-6-19)4-7-21(27)30-14-20(26)24-22(28)25-23-11-16-8-17(12-23)10-18(9-16)13-23/h2-3,5-6,16-18H,4,7-14H2,1H3,(H2,24,25,26,28). The van der Waals surface area contributed by atoms with Crippen LogP contribution < -0.4 is 15.4 Å². The summed E-state index contributed by atoms with van der Waals surface area (Å²) in [6.07, 6.45) is 7.58. The molecule has 162 valence electrons. The predicted octanol–water partition coefficient (Wildman–Crippen LogP) is 2.97. The Morgan fingerprint density at radius 1 is 1.00 bits per heavy atom.